The average molecular weight is 269 g/mol. The van der Waals surface area contributed by atoms with Crippen molar-refractivity contribution in [2.24, 2.45) is 0 Å². The highest BCUT2D eigenvalue weighted by Gasteiger charge is 2.19. The van der Waals surface area contributed by atoms with Crippen LogP contribution in [0.15, 0.2) is 40.8 Å². The number of benzene rings is 1. The molecule has 0 spiro atoms. The molecule has 104 valence electrons. The number of aryl methyl sites for hydroxylation is 1. The molecule has 0 aliphatic heterocycles. The van der Waals surface area contributed by atoms with Crippen LogP contribution in [0.1, 0.15) is 42.5 Å². The number of hydrogen-bond donors (Lipinski definition) is 2. The van der Waals surface area contributed by atoms with Crippen molar-refractivity contribution in [3.8, 4) is 0 Å². The standard InChI is InChI=1S/C16H20BNO2/c1-3-14(16-9-13(17)11(2)20-16)18-15(10-19)12-7-5-4-6-8-12/h4-9,14-15,18-19H,3,10H2,1-2H3/t14-,15+/m1/s1. The average Bonchev–Trinajstić information content (AvgIpc) is 2.81. The number of aliphatic hydroxyl groups is 1. The lowest BCUT2D eigenvalue weighted by molar-refractivity contribution is 0.225. The van der Waals surface area contributed by atoms with Gasteiger partial charge < -0.3 is 9.52 Å². The smallest absolute Gasteiger partial charge is 0.120 e. The Bertz CT molecular complexity index is 519. The van der Waals surface area contributed by atoms with Gasteiger partial charge in [-0.15, -0.1) is 0 Å². The van der Waals surface area contributed by atoms with E-state index in [9.17, 15) is 5.11 Å². The molecule has 0 saturated heterocycles. The van der Waals surface area contributed by atoms with Gasteiger partial charge in [-0.1, -0.05) is 42.7 Å². The van der Waals surface area contributed by atoms with E-state index in [-0.39, 0.29) is 18.7 Å². The van der Waals surface area contributed by atoms with Gasteiger partial charge in [-0.25, -0.2) is 0 Å². The Balaban J connectivity index is 2.16. The molecule has 2 N–H and O–H groups in total. The molecular weight excluding hydrogens is 249 g/mol. The minimum absolute atomic E-state index is 0.0309. The van der Waals surface area contributed by atoms with Gasteiger partial charge >= 0.3 is 0 Å². The zero-order valence-corrected chi connectivity index (χ0v) is 12.0. The van der Waals surface area contributed by atoms with Crippen LogP contribution in [0.4, 0.5) is 0 Å². The first-order valence-corrected chi connectivity index (χ1v) is 6.93. The molecule has 20 heavy (non-hydrogen) atoms. The number of rotatable bonds is 6. The Morgan fingerprint density at radius 2 is 1.95 bits per heavy atom. The predicted molar refractivity (Wildman–Crippen MR) is 81.3 cm³/mol. The Kier molecular flexibility index (Phi) is 5.04. The molecule has 4 heteroatoms. The van der Waals surface area contributed by atoms with Crippen LogP contribution < -0.4 is 10.8 Å². The molecule has 1 heterocycles. The SMILES string of the molecule is [B]c1cc([C@@H](CC)N[C@@H](CO)c2ccccc2)oc1C. The maximum Gasteiger partial charge on any atom is 0.120 e. The van der Waals surface area contributed by atoms with Crippen LogP contribution in [0.2, 0.25) is 0 Å². The first-order valence-electron chi connectivity index (χ1n) is 6.93. The molecule has 2 aromatic rings. The molecule has 0 amide bonds. The lowest BCUT2D eigenvalue weighted by Crippen LogP contribution is -2.28. The number of hydrogen-bond acceptors (Lipinski definition) is 3. The Labute approximate surface area is 121 Å². The molecule has 2 radical (unpaired) electrons. The van der Waals surface area contributed by atoms with Crippen molar-refractivity contribution in [1.82, 2.24) is 5.32 Å². The molecule has 0 bridgehead atoms. The lowest BCUT2D eigenvalue weighted by atomic mass is 9.96. The van der Waals surface area contributed by atoms with Gasteiger partial charge in [0.25, 0.3) is 0 Å². The first kappa shape index (κ1) is 14.9. The molecule has 1 aromatic carbocycles. The van der Waals surface area contributed by atoms with Crippen LogP contribution in [0, 0.1) is 6.92 Å². The number of furan rings is 1. The van der Waals surface area contributed by atoms with Crippen LogP contribution in [0.5, 0.6) is 0 Å². The van der Waals surface area contributed by atoms with Gasteiger partial charge in [0.05, 0.1) is 24.5 Å². The molecule has 0 aliphatic rings. The molecule has 0 fully saturated rings. The summed E-state index contributed by atoms with van der Waals surface area (Å²) in [6.07, 6.45) is 0.857. The Hall–Kier alpha value is -1.52. The van der Waals surface area contributed by atoms with E-state index in [1.165, 1.54) is 0 Å². The second-order valence-electron chi connectivity index (χ2n) is 4.93. The molecule has 2 rings (SSSR count). The van der Waals surface area contributed by atoms with Crippen molar-refractivity contribution in [2.45, 2.75) is 32.4 Å². The minimum Gasteiger partial charge on any atom is -0.465 e. The fraction of sp³-hybridized carbons (Fsp3) is 0.375. The number of aliphatic hydroxyl groups excluding tert-OH is 1. The van der Waals surface area contributed by atoms with Crippen LogP contribution >= 0.6 is 0 Å². The van der Waals surface area contributed by atoms with E-state index in [1.807, 2.05) is 43.3 Å². The highest BCUT2D eigenvalue weighted by molar-refractivity contribution is 6.33. The lowest BCUT2D eigenvalue weighted by Gasteiger charge is -2.22. The fourth-order valence-corrected chi connectivity index (χ4v) is 2.28. The van der Waals surface area contributed by atoms with Crippen molar-refractivity contribution in [1.29, 1.82) is 0 Å². The Morgan fingerprint density at radius 1 is 1.25 bits per heavy atom. The maximum absolute atomic E-state index is 9.61. The zero-order valence-electron chi connectivity index (χ0n) is 12.0. The van der Waals surface area contributed by atoms with Crippen molar-refractivity contribution >= 4 is 13.3 Å². The fourth-order valence-electron chi connectivity index (χ4n) is 2.28. The summed E-state index contributed by atoms with van der Waals surface area (Å²) < 4.78 is 5.68. The van der Waals surface area contributed by atoms with E-state index >= 15 is 0 Å². The molecular formula is C16H20BNO2. The normalized spacial score (nSPS) is 14.2. The summed E-state index contributed by atoms with van der Waals surface area (Å²) in [6, 6.07) is 11.7. The molecule has 3 nitrogen and oxygen atoms in total. The van der Waals surface area contributed by atoms with Crippen molar-refractivity contribution in [2.75, 3.05) is 6.61 Å². The summed E-state index contributed by atoms with van der Waals surface area (Å²) in [6.45, 7) is 3.97. The third-order valence-electron chi connectivity index (χ3n) is 3.51. The van der Waals surface area contributed by atoms with Gasteiger partial charge in [0.1, 0.15) is 13.6 Å². The van der Waals surface area contributed by atoms with E-state index in [0.717, 1.165) is 23.5 Å². The molecule has 0 unspecified atom stereocenters. The molecule has 1 aromatic heterocycles. The summed E-state index contributed by atoms with van der Waals surface area (Å²) in [5, 5.41) is 13.0. The zero-order chi connectivity index (χ0) is 14.5. The van der Waals surface area contributed by atoms with Gasteiger partial charge in [-0.3, -0.25) is 5.32 Å². The van der Waals surface area contributed by atoms with Crippen LogP contribution in [-0.4, -0.2) is 19.6 Å². The van der Waals surface area contributed by atoms with Gasteiger partial charge in [-0.05, 0) is 25.0 Å². The topological polar surface area (TPSA) is 45.4 Å². The van der Waals surface area contributed by atoms with Crippen molar-refractivity contribution < 1.29 is 9.52 Å². The first-order chi connectivity index (χ1) is 9.65. The Morgan fingerprint density at radius 3 is 2.45 bits per heavy atom. The third kappa shape index (κ3) is 3.32. The molecule has 2 atom stereocenters. The second kappa shape index (κ2) is 6.77. The number of nitrogens with one attached hydrogen (secondary N) is 1. The summed E-state index contributed by atoms with van der Waals surface area (Å²) >= 11 is 0. The molecule has 0 saturated carbocycles. The summed E-state index contributed by atoms with van der Waals surface area (Å²) in [5.74, 6) is 1.55. The largest absolute Gasteiger partial charge is 0.465 e. The monoisotopic (exact) mass is 269 g/mol. The maximum atomic E-state index is 9.61. The molecule has 0 aliphatic carbocycles. The van der Waals surface area contributed by atoms with E-state index in [2.05, 4.69) is 12.2 Å². The van der Waals surface area contributed by atoms with Gasteiger partial charge in [0, 0.05) is 0 Å². The van der Waals surface area contributed by atoms with Crippen LogP contribution in [0.25, 0.3) is 0 Å². The quantitative estimate of drug-likeness (QED) is 0.790. The van der Waals surface area contributed by atoms with E-state index in [0.29, 0.717) is 5.46 Å². The highest BCUT2D eigenvalue weighted by atomic mass is 16.3. The van der Waals surface area contributed by atoms with E-state index < -0.39 is 0 Å². The van der Waals surface area contributed by atoms with Crippen LogP contribution in [-0.2, 0) is 0 Å². The predicted octanol–water partition coefficient (Wildman–Crippen LogP) is 2.16. The van der Waals surface area contributed by atoms with Gasteiger partial charge in [0.15, 0.2) is 0 Å². The minimum atomic E-state index is -0.118. The van der Waals surface area contributed by atoms with Gasteiger partial charge in [-0.2, -0.15) is 0 Å². The van der Waals surface area contributed by atoms with E-state index in [4.69, 9.17) is 12.3 Å². The van der Waals surface area contributed by atoms with Gasteiger partial charge in [0.2, 0.25) is 0 Å². The van der Waals surface area contributed by atoms with Crippen molar-refractivity contribution in [3.63, 3.8) is 0 Å². The van der Waals surface area contributed by atoms with Crippen LogP contribution in [0.3, 0.4) is 0 Å². The summed E-state index contributed by atoms with van der Waals surface area (Å²) in [4.78, 5) is 0. The third-order valence-corrected chi connectivity index (χ3v) is 3.51. The van der Waals surface area contributed by atoms with Crippen molar-refractivity contribution in [3.05, 3.63) is 53.5 Å². The highest BCUT2D eigenvalue weighted by Crippen LogP contribution is 2.23. The summed E-state index contributed by atoms with van der Waals surface area (Å²) in [7, 11) is 5.84. The van der Waals surface area contributed by atoms with E-state index in [1.54, 1.807) is 0 Å². The summed E-state index contributed by atoms with van der Waals surface area (Å²) in [5.41, 5.74) is 1.73. The second-order valence-corrected chi connectivity index (χ2v) is 4.93.